The molecule has 34 heavy (non-hydrogen) atoms. The third-order valence-corrected chi connectivity index (χ3v) is 7.09. The van der Waals surface area contributed by atoms with Crippen molar-refractivity contribution in [1.82, 2.24) is 15.0 Å². The van der Waals surface area contributed by atoms with E-state index in [0.717, 1.165) is 24.2 Å². The number of thioether (sulfide) groups is 1. The number of nitrogens with zero attached hydrogens (tertiary/aromatic N) is 6. The predicted molar refractivity (Wildman–Crippen MR) is 126 cm³/mol. The lowest BCUT2D eigenvalue weighted by atomic mass is 9.96. The van der Waals surface area contributed by atoms with Gasteiger partial charge in [-0.1, -0.05) is 12.1 Å². The van der Waals surface area contributed by atoms with Gasteiger partial charge in [0, 0.05) is 42.4 Å². The lowest BCUT2D eigenvalue weighted by molar-refractivity contribution is 0.194. The molecule has 0 N–H and O–H groups in total. The Morgan fingerprint density at radius 2 is 2.00 bits per heavy atom. The first-order valence-electron chi connectivity index (χ1n) is 11.0. The van der Waals surface area contributed by atoms with Gasteiger partial charge >= 0.3 is 0 Å². The van der Waals surface area contributed by atoms with Crippen molar-refractivity contribution in [3.8, 4) is 23.4 Å². The number of aromatic nitrogens is 3. The average molecular weight is 473 g/mol. The molecule has 2 fully saturated rings. The van der Waals surface area contributed by atoms with Crippen LogP contribution in [0.3, 0.4) is 0 Å². The van der Waals surface area contributed by atoms with Gasteiger partial charge in [-0.15, -0.1) is 11.8 Å². The van der Waals surface area contributed by atoms with Crippen LogP contribution >= 0.6 is 11.8 Å². The number of rotatable bonds is 6. The largest absolute Gasteiger partial charge is 0.381 e. The Bertz CT molecular complexity index is 1260. The number of pyridine rings is 3. The number of halogens is 1. The van der Waals surface area contributed by atoms with Crippen molar-refractivity contribution in [2.75, 3.05) is 31.2 Å². The highest BCUT2D eigenvalue weighted by Crippen LogP contribution is 2.39. The Morgan fingerprint density at radius 3 is 2.62 bits per heavy atom. The molecule has 9 heteroatoms. The molecular weight excluding hydrogens is 451 g/mol. The van der Waals surface area contributed by atoms with Crippen LogP contribution in [0.2, 0.25) is 0 Å². The summed E-state index contributed by atoms with van der Waals surface area (Å²) in [6.07, 6.45) is 5.25. The fraction of sp³-hybridized carbons (Fsp3) is 0.320. The van der Waals surface area contributed by atoms with Crippen molar-refractivity contribution in [3.05, 3.63) is 65.1 Å². The standard InChI is InChI=1S/C25H21FN6OS/c26-19-12-32(13-19)24-20(8-27)23(22-4-3-17(11-30-22)18-5-7-33-14-18)21(9-28)25(31-24)34-15-16-2-1-6-29-10-16/h1-4,6,10-11,18-19H,5,7,12-15H2/t18-/m1/s1. The van der Waals surface area contributed by atoms with E-state index in [1.807, 2.05) is 24.3 Å². The number of ether oxygens (including phenoxy) is 1. The maximum atomic E-state index is 13.7. The second-order valence-electron chi connectivity index (χ2n) is 8.28. The van der Waals surface area contributed by atoms with Crippen molar-refractivity contribution in [2.24, 2.45) is 0 Å². The van der Waals surface area contributed by atoms with Crippen molar-refractivity contribution in [1.29, 1.82) is 10.5 Å². The third kappa shape index (κ3) is 4.33. The molecule has 0 saturated carbocycles. The third-order valence-electron chi connectivity index (χ3n) is 6.05. The van der Waals surface area contributed by atoms with Crippen molar-refractivity contribution in [3.63, 3.8) is 0 Å². The highest BCUT2D eigenvalue weighted by Gasteiger charge is 2.33. The molecule has 2 aliphatic rings. The molecule has 2 saturated heterocycles. The smallest absolute Gasteiger partial charge is 0.148 e. The van der Waals surface area contributed by atoms with E-state index in [4.69, 9.17) is 4.74 Å². The fourth-order valence-electron chi connectivity index (χ4n) is 4.18. The quantitative estimate of drug-likeness (QED) is 0.492. The zero-order valence-electron chi connectivity index (χ0n) is 18.3. The molecule has 5 heterocycles. The Labute approximate surface area is 201 Å². The fourth-order valence-corrected chi connectivity index (χ4v) is 5.09. The molecular formula is C25H21FN6OS. The molecule has 3 aromatic heterocycles. The van der Waals surface area contributed by atoms with Gasteiger partial charge in [0.25, 0.3) is 0 Å². The van der Waals surface area contributed by atoms with Crippen molar-refractivity contribution in [2.45, 2.75) is 29.3 Å². The van der Waals surface area contributed by atoms with Crippen LogP contribution in [0.5, 0.6) is 0 Å². The van der Waals surface area contributed by atoms with Gasteiger partial charge in [-0.2, -0.15) is 10.5 Å². The highest BCUT2D eigenvalue weighted by atomic mass is 32.2. The number of hydrogen-bond acceptors (Lipinski definition) is 8. The Morgan fingerprint density at radius 1 is 1.15 bits per heavy atom. The summed E-state index contributed by atoms with van der Waals surface area (Å²) in [4.78, 5) is 15.2. The van der Waals surface area contributed by atoms with Gasteiger partial charge in [0.15, 0.2) is 0 Å². The van der Waals surface area contributed by atoms with Crippen molar-refractivity contribution < 1.29 is 9.13 Å². The van der Waals surface area contributed by atoms with Gasteiger partial charge in [0.1, 0.15) is 34.7 Å². The van der Waals surface area contributed by atoms with Gasteiger partial charge in [0.05, 0.1) is 31.0 Å². The molecule has 0 radical (unpaired) electrons. The molecule has 0 unspecified atom stereocenters. The molecule has 0 amide bonds. The van der Waals surface area contributed by atoms with E-state index >= 15 is 0 Å². The van der Waals surface area contributed by atoms with E-state index in [-0.39, 0.29) is 18.7 Å². The number of anilines is 1. The van der Waals surface area contributed by atoms with Crippen LogP contribution in [0.25, 0.3) is 11.3 Å². The van der Waals surface area contributed by atoms with Gasteiger partial charge < -0.3 is 9.64 Å². The van der Waals surface area contributed by atoms with E-state index in [1.54, 1.807) is 23.5 Å². The highest BCUT2D eigenvalue weighted by molar-refractivity contribution is 7.98. The molecule has 3 aromatic rings. The van der Waals surface area contributed by atoms with E-state index in [0.29, 0.717) is 45.9 Å². The number of hydrogen-bond donors (Lipinski definition) is 0. The molecule has 0 spiro atoms. The van der Waals surface area contributed by atoms with Crippen LogP contribution in [-0.2, 0) is 10.5 Å². The SMILES string of the molecule is N#Cc1c(SCc2cccnc2)nc(N2CC(F)C2)c(C#N)c1-c1ccc([C@@H]2CCOC2)cn1. The second kappa shape index (κ2) is 9.76. The van der Waals surface area contributed by atoms with Crippen molar-refractivity contribution >= 4 is 17.6 Å². The summed E-state index contributed by atoms with van der Waals surface area (Å²) in [6.45, 7) is 1.75. The van der Waals surface area contributed by atoms with E-state index in [9.17, 15) is 14.9 Å². The first kappa shape index (κ1) is 22.3. The zero-order valence-corrected chi connectivity index (χ0v) is 19.1. The molecule has 0 aromatic carbocycles. The monoisotopic (exact) mass is 472 g/mol. The van der Waals surface area contributed by atoms with Gasteiger partial charge in [0.2, 0.25) is 0 Å². The molecule has 5 rings (SSSR count). The topological polar surface area (TPSA) is 98.7 Å². The summed E-state index contributed by atoms with van der Waals surface area (Å²) >= 11 is 1.40. The molecule has 1 atom stereocenters. The molecule has 7 nitrogen and oxygen atoms in total. The summed E-state index contributed by atoms with van der Waals surface area (Å²) in [5, 5.41) is 20.7. The van der Waals surface area contributed by atoms with Crippen LogP contribution in [0.15, 0.2) is 47.9 Å². The van der Waals surface area contributed by atoms with Crippen LogP contribution in [0.1, 0.15) is 34.6 Å². The first-order chi connectivity index (χ1) is 16.7. The van der Waals surface area contributed by atoms with E-state index in [2.05, 4.69) is 27.1 Å². The summed E-state index contributed by atoms with van der Waals surface area (Å²) in [7, 11) is 0. The Hall–Kier alpha value is -3.53. The van der Waals surface area contributed by atoms with Gasteiger partial charge in [-0.05, 0) is 29.7 Å². The van der Waals surface area contributed by atoms with Gasteiger partial charge in [-0.25, -0.2) is 9.37 Å². The minimum atomic E-state index is -0.954. The minimum absolute atomic E-state index is 0.174. The molecule has 0 aliphatic carbocycles. The lowest BCUT2D eigenvalue weighted by Crippen LogP contribution is -2.49. The number of nitriles is 2. The first-order valence-corrected chi connectivity index (χ1v) is 12.0. The second-order valence-corrected chi connectivity index (χ2v) is 9.24. The lowest BCUT2D eigenvalue weighted by Gasteiger charge is -2.36. The molecule has 2 aliphatic heterocycles. The summed E-state index contributed by atoms with van der Waals surface area (Å²) < 4.78 is 19.2. The Balaban J connectivity index is 1.58. The van der Waals surface area contributed by atoms with E-state index in [1.165, 1.54) is 11.8 Å². The molecule has 170 valence electrons. The zero-order chi connectivity index (χ0) is 23.5. The minimum Gasteiger partial charge on any atom is -0.381 e. The maximum Gasteiger partial charge on any atom is 0.148 e. The summed E-state index contributed by atoms with van der Waals surface area (Å²) in [5.74, 6) is 1.25. The van der Waals surface area contributed by atoms with E-state index < -0.39 is 6.17 Å². The van der Waals surface area contributed by atoms with Gasteiger partial charge in [-0.3, -0.25) is 9.97 Å². The Kier molecular flexibility index (Phi) is 6.39. The van der Waals surface area contributed by atoms with Crippen LogP contribution in [0, 0.1) is 22.7 Å². The molecule has 0 bridgehead atoms. The normalized spacial score (nSPS) is 17.7. The number of alkyl halides is 1. The maximum absolute atomic E-state index is 13.7. The van der Waals surface area contributed by atoms with Crippen LogP contribution in [-0.4, -0.2) is 47.4 Å². The van der Waals surface area contributed by atoms with Crippen LogP contribution < -0.4 is 4.90 Å². The average Bonchev–Trinajstić information content (AvgIpc) is 3.40. The summed E-state index contributed by atoms with van der Waals surface area (Å²) in [5.41, 5.74) is 3.58. The predicted octanol–water partition coefficient (Wildman–Crippen LogP) is 4.24. The summed E-state index contributed by atoms with van der Waals surface area (Å²) in [6, 6.07) is 12.1. The van der Waals surface area contributed by atoms with Crippen LogP contribution in [0.4, 0.5) is 10.2 Å².